The lowest BCUT2D eigenvalue weighted by atomic mass is 9.89. The predicted octanol–water partition coefficient (Wildman–Crippen LogP) is 4.68. The van der Waals surface area contributed by atoms with Crippen molar-refractivity contribution in [2.24, 2.45) is 5.73 Å². The van der Waals surface area contributed by atoms with Gasteiger partial charge in [0, 0.05) is 23.0 Å². The lowest BCUT2D eigenvalue weighted by Crippen LogP contribution is -2.30. The first-order valence-electron chi connectivity index (χ1n) is 7.40. The van der Waals surface area contributed by atoms with Crippen LogP contribution in [0.2, 0.25) is 5.02 Å². The maximum Gasteiger partial charge on any atom is 0.124 e. The summed E-state index contributed by atoms with van der Waals surface area (Å²) in [6, 6.07) is 16.2. The molecule has 0 bridgehead atoms. The van der Waals surface area contributed by atoms with Gasteiger partial charge in [0.15, 0.2) is 0 Å². The summed E-state index contributed by atoms with van der Waals surface area (Å²) in [4.78, 5) is 0. The molecule has 0 aromatic heterocycles. The van der Waals surface area contributed by atoms with E-state index in [0.717, 1.165) is 24.2 Å². The van der Waals surface area contributed by atoms with Crippen LogP contribution in [0.1, 0.15) is 42.9 Å². The zero-order valence-corrected chi connectivity index (χ0v) is 12.9. The lowest BCUT2D eigenvalue weighted by molar-refractivity contribution is 0.143. The summed E-state index contributed by atoms with van der Waals surface area (Å²) in [6.45, 7) is 2.24. The second kappa shape index (κ2) is 6.08. The Kier molecular flexibility index (Phi) is 4.18. The molecule has 0 radical (unpaired) electrons. The van der Waals surface area contributed by atoms with Crippen LogP contribution < -0.4 is 10.5 Å². The van der Waals surface area contributed by atoms with Gasteiger partial charge in [0.1, 0.15) is 11.9 Å². The van der Waals surface area contributed by atoms with Gasteiger partial charge in [-0.2, -0.15) is 0 Å². The third-order valence-corrected chi connectivity index (χ3v) is 4.40. The fourth-order valence-electron chi connectivity index (χ4n) is 3.01. The molecule has 0 saturated heterocycles. The van der Waals surface area contributed by atoms with E-state index >= 15 is 0 Å². The summed E-state index contributed by atoms with van der Waals surface area (Å²) >= 11 is 6.03. The molecule has 3 heteroatoms. The fraction of sp³-hybridized carbons (Fsp3) is 0.333. The van der Waals surface area contributed by atoms with E-state index in [0.29, 0.717) is 10.9 Å². The summed E-state index contributed by atoms with van der Waals surface area (Å²) in [7, 11) is 0. The van der Waals surface area contributed by atoms with Crippen molar-refractivity contribution >= 4 is 11.6 Å². The molecule has 3 atom stereocenters. The molecule has 2 unspecified atom stereocenters. The fourth-order valence-corrected chi connectivity index (χ4v) is 3.19. The minimum Gasteiger partial charge on any atom is -0.490 e. The number of halogens is 1. The molecule has 3 rings (SSSR count). The van der Waals surface area contributed by atoms with E-state index in [1.165, 1.54) is 5.56 Å². The van der Waals surface area contributed by atoms with Crippen molar-refractivity contribution in [3.05, 3.63) is 64.7 Å². The molecular weight excluding hydrogens is 282 g/mol. The van der Waals surface area contributed by atoms with Gasteiger partial charge in [-0.25, -0.2) is 0 Å². The van der Waals surface area contributed by atoms with E-state index in [4.69, 9.17) is 22.1 Å². The van der Waals surface area contributed by atoms with Crippen LogP contribution in [-0.2, 0) is 0 Å². The zero-order valence-electron chi connectivity index (χ0n) is 12.1. The van der Waals surface area contributed by atoms with Crippen LogP contribution in [0.15, 0.2) is 48.5 Å². The predicted molar refractivity (Wildman–Crippen MR) is 86.9 cm³/mol. The SMILES string of the molecule is CC(CC1C[C@H](N)c2cc(Cl)ccc2O1)c1ccccc1. The molecule has 2 aromatic carbocycles. The molecule has 0 amide bonds. The quantitative estimate of drug-likeness (QED) is 0.893. The number of hydrogen-bond donors (Lipinski definition) is 1. The first kappa shape index (κ1) is 14.4. The first-order chi connectivity index (χ1) is 10.1. The van der Waals surface area contributed by atoms with Crippen LogP contribution in [0.5, 0.6) is 5.75 Å². The van der Waals surface area contributed by atoms with E-state index in [9.17, 15) is 0 Å². The normalized spacial score (nSPS) is 22.2. The highest BCUT2D eigenvalue weighted by Crippen LogP contribution is 2.37. The van der Waals surface area contributed by atoms with Crippen molar-refractivity contribution in [2.75, 3.05) is 0 Å². The van der Waals surface area contributed by atoms with Gasteiger partial charge < -0.3 is 10.5 Å². The van der Waals surface area contributed by atoms with Gasteiger partial charge in [-0.3, -0.25) is 0 Å². The topological polar surface area (TPSA) is 35.2 Å². The van der Waals surface area contributed by atoms with Crippen molar-refractivity contribution in [2.45, 2.75) is 37.8 Å². The number of hydrogen-bond acceptors (Lipinski definition) is 2. The Morgan fingerprint density at radius 2 is 2.00 bits per heavy atom. The molecule has 2 N–H and O–H groups in total. The molecule has 2 aromatic rings. The molecule has 1 aliphatic heterocycles. The zero-order chi connectivity index (χ0) is 14.8. The molecule has 0 saturated carbocycles. The van der Waals surface area contributed by atoms with Crippen molar-refractivity contribution in [1.29, 1.82) is 0 Å². The van der Waals surface area contributed by atoms with Gasteiger partial charge >= 0.3 is 0 Å². The van der Waals surface area contributed by atoms with Gasteiger partial charge in [0.05, 0.1) is 0 Å². The number of benzene rings is 2. The second-order valence-electron chi connectivity index (χ2n) is 5.81. The molecule has 0 fully saturated rings. The van der Waals surface area contributed by atoms with Crippen molar-refractivity contribution in [3.8, 4) is 5.75 Å². The molecular formula is C18H20ClNO. The number of nitrogens with two attached hydrogens (primary N) is 1. The van der Waals surface area contributed by atoms with E-state index in [2.05, 4.69) is 31.2 Å². The van der Waals surface area contributed by atoms with Gasteiger partial charge in [-0.15, -0.1) is 0 Å². The molecule has 1 aliphatic rings. The Hall–Kier alpha value is -1.51. The average Bonchev–Trinajstić information content (AvgIpc) is 2.49. The highest BCUT2D eigenvalue weighted by Gasteiger charge is 2.27. The van der Waals surface area contributed by atoms with Crippen LogP contribution in [0.3, 0.4) is 0 Å². The van der Waals surface area contributed by atoms with Crippen molar-refractivity contribution < 1.29 is 4.74 Å². The molecule has 110 valence electrons. The van der Waals surface area contributed by atoms with Gasteiger partial charge in [-0.1, -0.05) is 48.9 Å². The number of rotatable bonds is 3. The molecule has 0 aliphatic carbocycles. The number of fused-ring (bicyclic) bond motifs is 1. The van der Waals surface area contributed by atoms with Crippen LogP contribution in [-0.4, -0.2) is 6.10 Å². The summed E-state index contributed by atoms with van der Waals surface area (Å²) in [5, 5.41) is 0.712. The maximum atomic E-state index is 6.28. The minimum absolute atomic E-state index is 0.000392. The summed E-state index contributed by atoms with van der Waals surface area (Å²) in [5.41, 5.74) is 8.64. The second-order valence-corrected chi connectivity index (χ2v) is 6.25. The highest BCUT2D eigenvalue weighted by atomic mass is 35.5. The molecule has 21 heavy (non-hydrogen) atoms. The smallest absolute Gasteiger partial charge is 0.124 e. The van der Waals surface area contributed by atoms with Gasteiger partial charge in [0.2, 0.25) is 0 Å². The Morgan fingerprint density at radius 3 is 2.76 bits per heavy atom. The van der Waals surface area contributed by atoms with E-state index in [1.807, 2.05) is 24.3 Å². The molecule has 1 heterocycles. The van der Waals surface area contributed by atoms with Crippen LogP contribution in [0, 0.1) is 0 Å². The first-order valence-corrected chi connectivity index (χ1v) is 7.78. The lowest BCUT2D eigenvalue weighted by Gasteiger charge is -2.32. The van der Waals surface area contributed by atoms with E-state index < -0.39 is 0 Å². The summed E-state index contributed by atoms with van der Waals surface area (Å²) in [6.07, 6.45) is 1.97. The van der Waals surface area contributed by atoms with Crippen LogP contribution in [0.25, 0.3) is 0 Å². The van der Waals surface area contributed by atoms with Crippen molar-refractivity contribution in [1.82, 2.24) is 0 Å². The highest BCUT2D eigenvalue weighted by molar-refractivity contribution is 6.30. The maximum absolute atomic E-state index is 6.28. The van der Waals surface area contributed by atoms with Gasteiger partial charge in [-0.05, 0) is 36.1 Å². The Morgan fingerprint density at radius 1 is 1.24 bits per heavy atom. The minimum atomic E-state index is 0.000392. The monoisotopic (exact) mass is 301 g/mol. The third-order valence-electron chi connectivity index (χ3n) is 4.17. The standard InChI is InChI=1S/C18H20ClNO/c1-12(13-5-3-2-4-6-13)9-15-11-17(20)16-10-14(19)7-8-18(16)21-15/h2-8,10,12,15,17H,9,11,20H2,1H3/t12?,15?,17-/m0/s1. The Bertz CT molecular complexity index is 614. The van der Waals surface area contributed by atoms with Crippen LogP contribution >= 0.6 is 11.6 Å². The molecule has 0 spiro atoms. The average molecular weight is 302 g/mol. The van der Waals surface area contributed by atoms with E-state index in [1.54, 1.807) is 0 Å². The summed E-state index contributed by atoms with van der Waals surface area (Å²) in [5.74, 6) is 1.33. The summed E-state index contributed by atoms with van der Waals surface area (Å²) < 4.78 is 6.11. The largest absolute Gasteiger partial charge is 0.490 e. The molecule has 2 nitrogen and oxygen atoms in total. The van der Waals surface area contributed by atoms with Crippen molar-refractivity contribution in [3.63, 3.8) is 0 Å². The van der Waals surface area contributed by atoms with Crippen LogP contribution in [0.4, 0.5) is 0 Å². The van der Waals surface area contributed by atoms with E-state index in [-0.39, 0.29) is 12.1 Å². The van der Waals surface area contributed by atoms with Gasteiger partial charge in [0.25, 0.3) is 0 Å². The Labute approximate surface area is 130 Å². The Balaban J connectivity index is 1.73. The number of ether oxygens (including phenoxy) is 1. The third kappa shape index (κ3) is 3.22.